The summed E-state index contributed by atoms with van der Waals surface area (Å²) in [5, 5.41) is 8.53. The molecule has 2 nitrogen and oxygen atoms in total. The lowest BCUT2D eigenvalue weighted by molar-refractivity contribution is -0.138. The Morgan fingerprint density at radius 1 is 0.880 bits per heavy atom. The van der Waals surface area contributed by atoms with E-state index in [0.29, 0.717) is 18.2 Å². The summed E-state index contributed by atoms with van der Waals surface area (Å²) in [5.41, 5.74) is -2.36. The normalized spacial score (nSPS) is 12.6. The lowest BCUT2D eigenvalue weighted by Crippen LogP contribution is -2.08. The minimum absolute atomic E-state index is 0.00499. The second kappa shape index (κ2) is 6.62. The molecule has 8 heteroatoms. The van der Waals surface area contributed by atoms with Gasteiger partial charge in [0.05, 0.1) is 11.1 Å². The summed E-state index contributed by atoms with van der Waals surface area (Å²) in [4.78, 5) is 10.5. The molecule has 0 saturated heterocycles. The molecule has 0 aliphatic rings. The molecule has 1 N–H and O–H groups in total. The summed E-state index contributed by atoms with van der Waals surface area (Å²) in [6, 6.07) is 6.41. The number of aliphatic carboxylic acids is 1. The van der Waals surface area contributed by atoms with Crippen LogP contribution in [-0.4, -0.2) is 11.1 Å². The number of benzene rings is 2. The van der Waals surface area contributed by atoms with E-state index in [1.54, 1.807) is 0 Å². The third-order valence-electron chi connectivity index (χ3n) is 3.29. The van der Waals surface area contributed by atoms with Gasteiger partial charge in [-0.3, -0.25) is 0 Å². The Balaban J connectivity index is 2.52. The summed E-state index contributed by atoms with van der Waals surface area (Å²) in [7, 11) is 0. The molecule has 0 unspecified atom stereocenters. The fourth-order valence-electron chi connectivity index (χ4n) is 2.16. The summed E-state index contributed by atoms with van der Waals surface area (Å²) in [6.07, 6.45) is -7.66. The second-order valence-corrected chi connectivity index (χ2v) is 5.05. The highest BCUT2D eigenvalue weighted by Crippen LogP contribution is 2.39. The van der Waals surface area contributed by atoms with Crippen molar-refractivity contribution >= 4 is 12.0 Å². The fourth-order valence-corrected chi connectivity index (χ4v) is 2.16. The molecule has 25 heavy (non-hydrogen) atoms. The van der Waals surface area contributed by atoms with Crippen LogP contribution in [0.3, 0.4) is 0 Å². The van der Waals surface area contributed by atoms with Crippen molar-refractivity contribution < 1.29 is 36.2 Å². The highest BCUT2D eigenvalue weighted by Gasteiger charge is 2.34. The molecule has 0 bridgehead atoms. The molecule has 2 aromatic rings. The Morgan fingerprint density at radius 2 is 1.48 bits per heavy atom. The SMILES string of the molecule is O=C(O)/C=C/c1ccc(-c2ccc(C(F)(F)F)cc2)c(C(F)(F)F)c1. The largest absolute Gasteiger partial charge is 0.478 e. The van der Waals surface area contributed by atoms with Gasteiger partial charge in [0.2, 0.25) is 0 Å². The zero-order valence-electron chi connectivity index (χ0n) is 12.3. The first kappa shape index (κ1) is 18.6. The van der Waals surface area contributed by atoms with E-state index < -0.39 is 29.4 Å². The number of carboxylic acid groups (broad SMARTS) is 1. The molecule has 0 spiro atoms. The van der Waals surface area contributed by atoms with Gasteiger partial charge in [-0.1, -0.05) is 24.3 Å². The monoisotopic (exact) mass is 360 g/mol. The van der Waals surface area contributed by atoms with Crippen molar-refractivity contribution in [1.29, 1.82) is 0 Å². The molecule has 132 valence electrons. The lowest BCUT2D eigenvalue weighted by Gasteiger charge is -2.15. The van der Waals surface area contributed by atoms with E-state index in [9.17, 15) is 31.1 Å². The van der Waals surface area contributed by atoms with Crippen LogP contribution in [0.4, 0.5) is 26.3 Å². The van der Waals surface area contributed by atoms with Gasteiger partial charge in [-0.15, -0.1) is 0 Å². The first-order valence-electron chi connectivity index (χ1n) is 6.78. The molecule has 0 amide bonds. The number of carboxylic acids is 1. The van der Waals surface area contributed by atoms with Gasteiger partial charge in [-0.2, -0.15) is 26.3 Å². The first-order valence-corrected chi connectivity index (χ1v) is 6.78. The Labute approximate surface area is 138 Å². The van der Waals surface area contributed by atoms with E-state index in [4.69, 9.17) is 5.11 Å². The molecule has 0 aliphatic carbocycles. The maximum atomic E-state index is 13.3. The fraction of sp³-hybridized carbons (Fsp3) is 0.118. The number of halogens is 6. The maximum Gasteiger partial charge on any atom is 0.417 e. The molecule has 0 atom stereocenters. The van der Waals surface area contributed by atoms with Crippen LogP contribution in [0, 0.1) is 0 Å². The predicted molar refractivity (Wildman–Crippen MR) is 78.6 cm³/mol. The van der Waals surface area contributed by atoms with Gasteiger partial charge in [0.15, 0.2) is 0 Å². The predicted octanol–water partition coefficient (Wildman–Crippen LogP) is 5.49. The van der Waals surface area contributed by atoms with Crippen LogP contribution >= 0.6 is 0 Å². The Kier molecular flexibility index (Phi) is 4.92. The average Bonchev–Trinajstić information content (AvgIpc) is 2.51. The number of carbonyl (C=O) groups is 1. The topological polar surface area (TPSA) is 37.3 Å². The number of alkyl halides is 6. The van der Waals surface area contributed by atoms with Crippen molar-refractivity contribution in [3.8, 4) is 11.1 Å². The van der Waals surface area contributed by atoms with Gasteiger partial charge in [0.25, 0.3) is 0 Å². The van der Waals surface area contributed by atoms with Crippen molar-refractivity contribution in [3.63, 3.8) is 0 Å². The molecule has 0 radical (unpaired) electrons. The third kappa shape index (κ3) is 4.62. The van der Waals surface area contributed by atoms with Crippen molar-refractivity contribution in [2.75, 3.05) is 0 Å². The van der Waals surface area contributed by atoms with E-state index >= 15 is 0 Å². The highest BCUT2D eigenvalue weighted by molar-refractivity contribution is 5.85. The summed E-state index contributed by atoms with van der Waals surface area (Å²) in [6.45, 7) is 0. The second-order valence-electron chi connectivity index (χ2n) is 5.05. The molecular weight excluding hydrogens is 350 g/mol. The number of hydrogen-bond acceptors (Lipinski definition) is 1. The molecule has 0 fully saturated rings. The molecule has 0 aliphatic heterocycles. The van der Waals surface area contributed by atoms with Crippen LogP contribution in [0.15, 0.2) is 48.5 Å². The van der Waals surface area contributed by atoms with Gasteiger partial charge >= 0.3 is 18.3 Å². The summed E-state index contributed by atoms with van der Waals surface area (Å²) < 4.78 is 77.5. The van der Waals surface area contributed by atoms with Gasteiger partial charge in [0.1, 0.15) is 0 Å². The Bertz CT molecular complexity index is 801. The van der Waals surface area contributed by atoms with E-state index in [0.717, 1.165) is 30.3 Å². The smallest absolute Gasteiger partial charge is 0.417 e. The summed E-state index contributed by atoms with van der Waals surface area (Å²) >= 11 is 0. The van der Waals surface area contributed by atoms with Crippen LogP contribution in [-0.2, 0) is 17.1 Å². The van der Waals surface area contributed by atoms with E-state index in [2.05, 4.69) is 0 Å². The molecule has 2 rings (SSSR count). The van der Waals surface area contributed by atoms with E-state index in [1.165, 1.54) is 6.07 Å². The molecule has 0 heterocycles. The summed E-state index contributed by atoms with van der Waals surface area (Å²) in [5.74, 6) is -1.32. The van der Waals surface area contributed by atoms with Crippen LogP contribution < -0.4 is 0 Å². The highest BCUT2D eigenvalue weighted by atomic mass is 19.4. The van der Waals surface area contributed by atoms with Crippen LogP contribution in [0.5, 0.6) is 0 Å². The zero-order chi connectivity index (χ0) is 18.8. The van der Waals surface area contributed by atoms with Crippen LogP contribution in [0.2, 0.25) is 0 Å². The maximum absolute atomic E-state index is 13.3. The minimum Gasteiger partial charge on any atom is -0.478 e. The standard InChI is InChI=1S/C17H10F6O2/c18-16(19,20)12-5-3-11(4-6-12)13-7-1-10(2-8-15(24)25)9-14(13)17(21,22)23/h1-9H,(H,24,25)/b8-2+. The van der Waals surface area contributed by atoms with E-state index in [-0.39, 0.29) is 16.7 Å². The van der Waals surface area contributed by atoms with Crippen molar-refractivity contribution in [2.45, 2.75) is 12.4 Å². The Morgan fingerprint density at radius 3 is 1.96 bits per heavy atom. The van der Waals surface area contributed by atoms with Crippen LogP contribution in [0.1, 0.15) is 16.7 Å². The Hall–Kier alpha value is -2.77. The van der Waals surface area contributed by atoms with Crippen molar-refractivity contribution in [2.24, 2.45) is 0 Å². The minimum atomic E-state index is -4.76. The van der Waals surface area contributed by atoms with Gasteiger partial charge < -0.3 is 5.11 Å². The molecule has 2 aromatic carbocycles. The van der Waals surface area contributed by atoms with Gasteiger partial charge in [-0.05, 0) is 41.0 Å². The number of hydrogen-bond donors (Lipinski definition) is 1. The van der Waals surface area contributed by atoms with Gasteiger partial charge in [-0.25, -0.2) is 4.79 Å². The lowest BCUT2D eigenvalue weighted by atomic mass is 9.96. The average molecular weight is 360 g/mol. The molecule has 0 saturated carbocycles. The quantitative estimate of drug-likeness (QED) is 0.581. The van der Waals surface area contributed by atoms with Crippen LogP contribution in [0.25, 0.3) is 17.2 Å². The van der Waals surface area contributed by atoms with Crippen molar-refractivity contribution in [1.82, 2.24) is 0 Å². The third-order valence-corrected chi connectivity index (χ3v) is 3.29. The van der Waals surface area contributed by atoms with Crippen molar-refractivity contribution in [3.05, 3.63) is 65.2 Å². The number of rotatable bonds is 3. The molecular formula is C17H10F6O2. The van der Waals surface area contributed by atoms with E-state index in [1.807, 2.05) is 0 Å². The first-order chi connectivity index (χ1) is 11.5. The van der Waals surface area contributed by atoms with Gasteiger partial charge in [0, 0.05) is 6.08 Å². The zero-order valence-corrected chi connectivity index (χ0v) is 12.3. The molecule has 0 aromatic heterocycles.